The van der Waals surface area contributed by atoms with Gasteiger partial charge in [0, 0.05) is 18.3 Å². The highest BCUT2D eigenvalue weighted by Crippen LogP contribution is 2.31. The van der Waals surface area contributed by atoms with E-state index < -0.39 is 0 Å². The van der Waals surface area contributed by atoms with Gasteiger partial charge < -0.3 is 15.4 Å². The molecule has 1 aliphatic heterocycles. The largest absolute Gasteiger partial charge is 0.497 e. The van der Waals surface area contributed by atoms with Gasteiger partial charge in [0.2, 0.25) is 5.91 Å². The molecule has 104 valence electrons. The van der Waals surface area contributed by atoms with Gasteiger partial charge >= 0.3 is 0 Å². The van der Waals surface area contributed by atoms with Crippen LogP contribution in [-0.4, -0.2) is 26.1 Å². The number of ether oxygens (including phenoxy) is 1. The van der Waals surface area contributed by atoms with E-state index in [0.29, 0.717) is 0 Å². The van der Waals surface area contributed by atoms with E-state index in [1.165, 1.54) is 0 Å². The average molecular weight is 262 g/mol. The van der Waals surface area contributed by atoms with Crippen LogP contribution in [0.25, 0.3) is 0 Å². The Morgan fingerprint density at radius 3 is 3.00 bits per heavy atom. The van der Waals surface area contributed by atoms with Gasteiger partial charge in [0.15, 0.2) is 0 Å². The van der Waals surface area contributed by atoms with Crippen LogP contribution in [0.5, 0.6) is 5.75 Å². The summed E-state index contributed by atoms with van der Waals surface area (Å²) in [6.45, 7) is 3.85. The molecule has 1 saturated heterocycles. The number of amides is 1. The van der Waals surface area contributed by atoms with Crippen LogP contribution in [0.15, 0.2) is 24.3 Å². The fraction of sp³-hybridized carbons (Fsp3) is 0.533. The van der Waals surface area contributed by atoms with E-state index in [1.807, 2.05) is 24.3 Å². The van der Waals surface area contributed by atoms with E-state index in [9.17, 15) is 4.79 Å². The fourth-order valence-electron chi connectivity index (χ4n) is 2.59. The van der Waals surface area contributed by atoms with Gasteiger partial charge in [-0.2, -0.15) is 0 Å². The van der Waals surface area contributed by atoms with Crippen molar-refractivity contribution in [2.24, 2.45) is 5.41 Å². The van der Waals surface area contributed by atoms with Crippen molar-refractivity contribution in [1.82, 2.24) is 5.32 Å². The Kier molecular flexibility index (Phi) is 4.43. The molecule has 1 unspecified atom stereocenters. The van der Waals surface area contributed by atoms with Gasteiger partial charge in [-0.3, -0.25) is 4.79 Å². The molecule has 2 N–H and O–H groups in total. The van der Waals surface area contributed by atoms with Gasteiger partial charge in [-0.05, 0) is 37.9 Å². The molecule has 0 bridgehead atoms. The monoisotopic (exact) mass is 262 g/mol. The topological polar surface area (TPSA) is 50.4 Å². The second-order valence-corrected chi connectivity index (χ2v) is 5.10. The van der Waals surface area contributed by atoms with Crippen molar-refractivity contribution in [1.29, 1.82) is 0 Å². The smallest absolute Gasteiger partial charge is 0.231 e. The lowest BCUT2D eigenvalue weighted by atomic mass is 9.77. The Bertz CT molecular complexity index is 440. The molecule has 0 aliphatic carbocycles. The van der Waals surface area contributed by atoms with Crippen LogP contribution in [0.3, 0.4) is 0 Å². The molecule has 4 nitrogen and oxygen atoms in total. The summed E-state index contributed by atoms with van der Waals surface area (Å²) in [4.78, 5) is 12.5. The number of anilines is 1. The van der Waals surface area contributed by atoms with Crippen molar-refractivity contribution in [3.05, 3.63) is 24.3 Å². The van der Waals surface area contributed by atoms with Crippen molar-refractivity contribution >= 4 is 11.6 Å². The number of nitrogens with one attached hydrogen (secondary N) is 2. The third-order valence-electron chi connectivity index (χ3n) is 3.96. The molecule has 4 heteroatoms. The molecule has 1 amide bonds. The molecule has 0 saturated carbocycles. The normalized spacial score (nSPS) is 22.8. The molecular formula is C15H22N2O2. The number of hydrogen-bond donors (Lipinski definition) is 2. The summed E-state index contributed by atoms with van der Waals surface area (Å²) in [6.07, 6.45) is 2.86. The Labute approximate surface area is 114 Å². The van der Waals surface area contributed by atoms with E-state index in [1.54, 1.807) is 7.11 Å². The summed E-state index contributed by atoms with van der Waals surface area (Å²) >= 11 is 0. The molecule has 1 atom stereocenters. The summed E-state index contributed by atoms with van der Waals surface area (Å²) in [5, 5.41) is 6.35. The zero-order valence-electron chi connectivity index (χ0n) is 11.7. The highest BCUT2D eigenvalue weighted by Gasteiger charge is 2.37. The Balaban J connectivity index is 2.10. The van der Waals surface area contributed by atoms with E-state index in [4.69, 9.17) is 4.74 Å². The number of carbonyl (C=O) groups is 1. The van der Waals surface area contributed by atoms with Gasteiger partial charge in [-0.15, -0.1) is 0 Å². The standard InChI is InChI=1S/C15H22N2O2/c1-3-15(8-5-9-16-11-15)14(18)17-12-6-4-7-13(10-12)19-2/h4,6-7,10,16H,3,5,8-9,11H2,1-2H3,(H,17,18). The van der Waals surface area contributed by atoms with E-state index in [2.05, 4.69) is 17.6 Å². The summed E-state index contributed by atoms with van der Waals surface area (Å²) in [7, 11) is 1.62. The summed E-state index contributed by atoms with van der Waals surface area (Å²) in [5.41, 5.74) is 0.518. The average Bonchev–Trinajstić information content (AvgIpc) is 2.48. The molecule has 1 heterocycles. The third kappa shape index (κ3) is 3.07. The van der Waals surface area contributed by atoms with Crippen molar-refractivity contribution < 1.29 is 9.53 Å². The Hall–Kier alpha value is -1.55. The molecule has 1 fully saturated rings. The number of methoxy groups -OCH3 is 1. The molecule has 0 aromatic heterocycles. The molecular weight excluding hydrogens is 240 g/mol. The van der Waals surface area contributed by atoms with Crippen molar-refractivity contribution in [3.8, 4) is 5.75 Å². The minimum absolute atomic E-state index is 0.107. The van der Waals surface area contributed by atoms with Crippen LogP contribution in [0, 0.1) is 5.41 Å². The molecule has 1 aromatic rings. The minimum Gasteiger partial charge on any atom is -0.497 e. The predicted molar refractivity (Wildman–Crippen MR) is 76.5 cm³/mol. The van der Waals surface area contributed by atoms with Gasteiger partial charge in [-0.25, -0.2) is 0 Å². The highest BCUT2D eigenvalue weighted by atomic mass is 16.5. The predicted octanol–water partition coefficient (Wildman–Crippen LogP) is 2.41. The molecule has 0 spiro atoms. The highest BCUT2D eigenvalue weighted by molar-refractivity contribution is 5.95. The van der Waals surface area contributed by atoms with E-state index >= 15 is 0 Å². The van der Waals surface area contributed by atoms with Crippen LogP contribution in [0.2, 0.25) is 0 Å². The first-order chi connectivity index (χ1) is 9.20. The van der Waals surface area contributed by atoms with Gasteiger partial charge in [-0.1, -0.05) is 13.0 Å². The van der Waals surface area contributed by atoms with Crippen LogP contribution in [-0.2, 0) is 4.79 Å². The summed E-state index contributed by atoms with van der Waals surface area (Å²) < 4.78 is 5.17. The van der Waals surface area contributed by atoms with Crippen LogP contribution >= 0.6 is 0 Å². The summed E-state index contributed by atoms with van der Waals surface area (Å²) in [5.74, 6) is 0.862. The van der Waals surface area contributed by atoms with Crippen LogP contribution < -0.4 is 15.4 Å². The molecule has 19 heavy (non-hydrogen) atoms. The van der Waals surface area contributed by atoms with Crippen LogP contribution in [0.4, 0.5) is 5.69 Å². The molecule has 1 aliphatic rings. The number of rotatable bonds is 4. The maximum absolute atomic E-state index is 12.5. The number of piperidine rings is 1. The summed E-state index contributed by atoms with van der Waals surface area (Å²) in [6, 6.07) is 7.48. The lowest BCUT2D eigenvalue weighted by Crippen LogP contribution is -2.47. The first-order valence-corrected chi connectivity index (χ1v) is 6.86. The maximum Gasteiger partial charge on any atom is 0.231 e. The van der Waals surface area contributed by atoms with Crippen molar-refractivity contribution in [2.75, 3.05) is 25.5 Å². The van der Waals surface area contributed by atoms with E-state index in [-0.39, 0.29) is 11.3 Å². The van der Waals surface area contributed by atoms with E-state index in [0.717, 1.165) is 43.8 Å². The molecule has 0 radical (unpaired) electrons. The Morgan fingerprint density at radius 2 is 2.37 bits per heavy atom. The second-order valence-electron chi connectivity index (χ2n) is 5.10. The quantitative estimate of drug-likeness (QED) is 0.876. The SMILES string of the molecule is CCC1(C(=O)Nc2cccc(OC)c2)CCCNC1. The van der Waals surface area contributed by atoms with Crippen LogP contribution in [0.1, 0.15) is 26.2 Å². The number of hydrogen-bond acceptors (Lipinski definition) is 3. The minimum atomic E-state index is -0.276. The van der Waals surface area contributed by atoms with Crippen molar-refractivity contribution in [2.45, 2.75) is 26.2 Å². The maximum atomic E-state index is 12.5. The first kappa shape index (κ1) is 13.9. The van der Waals surface area contributed by atoms with Crippen molar-refractivity contribution in [3.63, 3.8) is 0 Å². The first-order valence-electron chi connectivity index (χ1n) is 6.86. The van der Waals surface area contributed by atoms with Gasteiger partial charge in [0.1, 0.15) is 5.75 Å². The number of benzene rings is 1. The third-order valence-corrected chi connectivity index (χ3v) is 3.96. The van der Waals surface area contributed by atoms with Gasteiger partial charge in [0.25, 0.3) is 0 Å². The second kappa shape index (κ2) is 6.06. The lowest BCUT2D eigenvalue weighted by Gasteiger charge is -2.35. The zero-order chi connectivity index (χ0) is 13.7. The molecule has 2 rings (SSSR count). The lowest BCUT2D eigenvalue weighted by molar-refractivity contribution is -0.126. The Morgan fingerprint density at radius 1 is 1.53 bits per heavy atom. The van der Waals surface area contributed by atoms with Gasteiger partial charge in [0.05, 0.1) is 12.5 Å². The molecule has 1 aromatic carbocycles. The zero-order valence-corrected chi connectivity index (χ0v) is 11.7. The fourth-order valence-corrected chi connectivity index (χ4v) is 2.59. The number of carbonyl (C=O) groups excluding carboxylic acids is 1.